The van der Waals surface area contributed by atoms with Gasteiger partial charge in [-0.05, 0) is 28.4 Å². The normalized spacial score (nSPS) is 18.1. The highest BCUT2D eigenvalue weighted by Crippen LogP contribution is 2.31. The van der Waals surface area contributed by atoms with Crippen molar-refractivity contribution in [2.75, 3.05) is 26.2 Å². The zero-order chi connectivity index (χ0) is 14.4. The lowest BCUT2D eigenvalue weighted by Gasteiger charge is -2.35. The van der Waals surface area contributed by atoms with Gasteiger partial charge in [0.25, 0.3) is 0 Å². The van der Waals surface area contributed by atoms with Crippen molar-refractivity contribution in [2.24, 2.45) is 0 Å². The zero-order valence-electron chi connectivity index (χ0n) is 12.2. The molecule has 0 aliphatic carbocycles. The molecule has 1 aliphatic heterocycles. The van der Waals surface area contributed by atoms with Gasteiger partial charge in [0.15, 0.2) is 0 Å². The highest BCUT2D eigenvalue weighted by atomic mass is 79.9. The maximum absolute atomic E-state index is 14.4. The lowest BCUT2D eigenvalue weighted by molar-refractivity contribution is 0.159. The average molecular weight is 343 g/mol. The Morgan fingerprint density at radius 3 is 2.75 bits per heavy atom. The Labute approximate surface area is 129 Å². The summed E-state index contributed by atoms with van der Waals surface area (Å²) < 4.78 is 15.0. The van der Waals surface area contributed by atoms with E-state index in [1.165, 1.54) is 12.8 Å². The van der Waals surface area contributed by atoms with Crippen molar-refractivity contribution in [3.63, 3.8) is 0 Å². The molecule has 112 valence electrons. The number of nitrogens with one attached hydrogen (secondary N) is 1. The van der Waals surface area contributed by atoms with Gasteiger partial charge in [-0.2, -0.15) is 0 Å². The Balaban J connectivity index is 2.17. The van der Waals surface area contributed by atoms with Gasteiger partial charge in [-0.1, -0.05) is 38.3 Å². The van der Waals surface area contributed by atoms with E-state index >= 15 is 0 Å². The van der Waals surface area contributed by atoms with Crippen molar-refractivity contribution in [2.45, 2.75) is 38.6 Å². The zero-order valence-corrected chi connectivity index (χ0v) is 13.8. The highest BCUT2D eigenvalue weighted by molar-refractivity contribution is 9.10. The van der Waals surface area contributed by atoms with Crippen LogP contribution in [0.25, 0.3) is 0 Å². The largest absolute Gasteiger partial charge is 0.314 e. The molecule has 2 nitrogen and oxygen atoms in total. The Hall–Kier alpha value is -0.450. The van der Waals surface area contributed by atoms with Crippen LogP contribution in [0.4, 0.5) is 4.39 Å². The van der Waals surface area contributed by atoms with E-state index in [0.717, 1.165) is 44.6 Å². The molecule has 20 heavy (non-hydrogen) atoms. The lowest BCUT2D eigenvalue weighted by Crippen LogP contribution is -2.45. The van der Waals surface area contributed by atoms with Crippen LogP contribution < -0.4 is 5.32 Å². The van der Waals surface area contributed by atoms with Crippen LogP contribution in [0.15, 0.2) is 22.7 Å². The second kappa shape index (κ2) is 8.11. The number of hydrogen-bond donors (Lipinski definition) is 1. The molecule has 1 heterocycles. The minimum atomic E-state index is -0.0902. The summed E-state index contributed by atoms with van der Waals surface area (Å²) in [7, 11) is 0. The monoisotopic (exact) mass is 342 g/mol. The Morgan fingerprint density at radius 1 is 1.30 bits per heavy atom. The molecular weight excluding hydrogens is 319 g/mol. The van der Waals surface area contributed by atoms with Gasteiger partial charge in [0, 0.05) is 37.8 Å². The van der Waals surface area contributed by atoms with E-state index in [0.29, 0.717) is 4.47 Å². The maximum atomic E-state index is 14.4. The molecule has 2 rings (SSSR count). The minimum absolute atomic E-state index is 0.0902. The number of piperazine rings is 1. The van der Waals surface area contributed by atoms with E-state index in [2.05, 4.69) is 33.1 Å². The molecule has 1 N–H and O–H groups in total. The van der Waals surface area contributed by atoms with Gasteiger partial charge in [-0.3, -0.25) is 4.90 Å². The third-order valence-electron chi connectivity index (χ3n) is 4.01. The van der Waals surface area contributed by atoms with Crippen molar-refractivity contribution in [3.8, 4) is 0 Å². The summed E-state index contributed by atoms with van der Waals surface area (Å²) in [6, 6.07) is 5.87. The molecule has 0 spiro atoms. The van der Waals surface area contributed by atoms with Crippen LogP contribution in [0.2, 0.25) is 0 Å². The molecule has 0 aromatic heterocycles. The van der Waals surface area contributed by atoms with E-state index in [4.69, 9.17) is 0 Å². The smallest absolute Gasteiger partial charge is 0.142 e. The predicted molar refractivity (Wildman–Crippen MR) is 85.4 cm³/mol. The number of rotatable bonds is 6. The first-order valence-electron chi connectivity index (χ1n) is 7.62. The average Bonchev–Trinajstić information content (AvgIpc) is 2.48. The van der Waals surface area contributed by atoms with Gasteiger partial charge in [-0.15, -0.1) is 0 Å². The summed E-state index contributed by atoms with van der Waals surface area (Å²) in [6.45, 7) is 6.21. The van der Waals surface area contributed by atoms with Crippen LogP contribution in [-0.2, 0) is 0 Å². The van der Waals surface area contributed by atoms with Crippen LogP contribution in [-0.4, -0.2) is 31.1 Å². The van der Waals surface area contributed by atoms with Crippen molar-refractivity contribution in [1.82, 2.24) is 10.2 Å². The molecule has 0 radical (unpaired) electrons. The number of hydrogen-bond acceptors (Lipinski definition) is 2. The summed E-state index contributed by atoms with van der Waals surface area (Å²) >= 11 is 3.31. The topological polar surface area (TPSA) is 15.3 Å². The third-order valence-corrected chi connectivity index (χ3v) is 4.63. The van der Waals surface area contributed by atoms with Crippen molar-refractivity contribution in [3.05, 3.63) is 34.1 Å². The van der Waals surface area contributed by atoms with E-state index in [9.17, 15) is 4.39 Å². The number of unbranched alkanes of at least 4 members (excludes halogenated alkanes) is 2. The quantitative estimate of drug-likeness (QED) is 0.782. The molecule has 0 amide bonds. The first-order valence-corrected chi connectivity index (χ1v) is 8.42. The first-order chi connectivity index (χ1) is 9.74. The summed E-state index contributed by atoms with van der Waals surface area (Å²) in [5.41, 5.74) is 0.845. The van der Waals surface area contributed by atoms with E-state index in [-0.39, 0.29) is 11.9 Å². The molecule has 1 saturated heterocycles. The van der Waals surface area contributed by atoms with Crippen molar-refractivity contribution < 1.29 is 4.39 Å². The predicted octanol–water partition coefficient (Wildman–Crippen LogP) is 4.11. The van der Waals surface area contributed by atoms with Crippen LogP contribution in [0.1, 0.15) is 44.2 Å². The molecule has 0 unspecified atom stereocenters. The molecular formula is C16H24BrFN2. The second-order valence-corrected chi connectivity index (χ2v) is 6.29. The molecule has 0 saturated carbocycles. The Bertz CT molecular complexity index is 419. The molecule has 1 atom stereocenters. The van der Waals surface area contributed by atoms with Crippen LogP contribution >= 0.6 is 15.9 Å². The molecule has 1 aromatic carbocycles. The lowest BCUT2D eigenvalue weighted by atomic mass is 9.97. The van der Waals surface area contributed by atoms with Gasteiger partial charge >= 0.3 is 0 Å². The number of nitrogens with zero attached hydrogens (tertiary/aromatic N) is 1. The fourth-order valence-corrected chi connectivity index (χ4v) is 3.28. The van der Waals surface area contributed by atoms with Crippen molar-refractivity contribution >= 4 is 15.9 Å². The summed E-state index contributed by atoms with van der Waals surface area (Å²) in [5.74, 6) is -0.0902. The standard InChI is InChI=1S/C16H24BrFN2/c1-2-3-4-8-15(20-11-9-19-10-12-20)13-6-5-7-14(17)16(13)18/h5-7,15,19H,2-4,8-12H2,1H3/t15-/m0/s1. The Morgan fingerprint density at radius 2 is 2.05 bits per heavy atom. The summed E-state index contributed by atoms with van der Waals surface area (Å²) in [5, 5.41) is 3.37. The number of halogens is 2. The molecule has 0 bridgehead atoms. The van der Waals surface area contributed by atoms with Gasteiger partial charge in [0.05, 0.1) is 4.47 Å². The van der Waals surface area contributed by atoms with Gasteiger partial charge in [0.1, 0.15) is 5.82 Å². The number of benzene rings is 1. The molecule has 1 aliphatic rings. The van der Waals surface area contributed by atoms with E-state index < -0.39 is 0 Å². The molecule has 1 fully saturated rings. The Kier molecular flexibility index (Phi) is 6.46. The summed E-state index contributed by atoms with van der Waals surface area (Å²) in [4.78, 5) is 2.43. The summed E-state index contributed by atoms with van der Waals surface area (Å²) in [6.07, 6.45) is 4.63. The molecule has 4 heteroatoms. The van der Waals surface area contributed by atoms with Crippen LogP contribution in [0.3, 0.4) is 0 Å². The minimum Gasteiger partial charge on any atom is -0.314 e. The SMILES string of the molecule is CCCCC[C@@H](c1cccc(Br)c1F)N1CCNCC1. The van der Waals surface area contributed by atoms with Gasteiger partial charge in [0.2, 0.25) is 0 Å². The van der Waals surface area contributed by atoms with E-state index in [1.807, 2.05) is 12.1 Å². The fourth-order valence-electron chi connectivity index (χ4n) is 2.89. The van der Waals surface area contributed by atoms with E-state index in [1.54, 1.807) is 6.07 Å². The van der Waals surface area contributed by atoms with Gasteiger partial charge < -0.3 is 5.32 Å². The van der Waals surface area contributed by atoms with Crippen LogP contribution in [0.5, 0.6) is 0 Å². The van der Waals surface area contributed by atoms with Crippen molar-refractivity contribution in [1.29, 1.82) is 0 Å². The first kappa shape index (κ1) is 15.9. The maximum Gasteiger partial charge on any atom is 0.142 e. The second-order valence-electron chi connectivity index (χ2n) is 5.44. The van der Waals surface area contributed by atoms with Gasteiger partial charge in [-0.25, -0.2) is 4.39 Å². The third kappa shape index (κ3) is 4.03. The fraction of sp³-hybridized carbons (Fsp3) is 0.625. The highest BCUT2D eigenvalue weighted by Gasteiger charge is 2.24. The van der Waals surface area contributed by atoms with Crippen LogP contribution in [0, 0.1) is 5.82 Å². The molecule has 1 aromatic rings.